The number of hydrogen-bond donors (Lipinski definition) is 3. The minimum Gasteiger partial charge on any atom is -0.395 e. The van der Waals surface area contributed by atoms with Crippen molar-refractivity contribution in [3.8, 4) is 0 Å². The van der Waals surface area contributed by atoms with E-state index in [1.807, 2.05) is 18.2 Å². The Morgan fingerprint density at radius 2 is 2.05 bits per heavy atom. The van der Waals surface area contributed by atoms with Crippen LogP contribution in [-0.4, -0.2) is 27.8 Å². The zero-order chi connectivity index (χ0) is 14.4. The molecular weight excluding hydrogens is 272 g/mol. The number of aliphatic hydroxyl groups is 2. The lowest BCUT2D eigenvalue weighted by molar-refractivity contribution is 0.199. The van der Waals surface area contributed by atoms with Crippen molar-refractivity contribution in [3.05, 3.63) is 52.0 Å². The van der Waals surface area contributed by atoms with Crippen LogP contribution in [0.1, 0.15) is 28.5 Å². The molecule has 0 aliphatic rings. The molecule has 0 saturated carbocycles. The third-order valence-corrected chi connectivity index (χ3v) is 4.21. The van der Waals surface area contributed by atoms with Crippen LogP contribution >= 0.6 is 11.3 Å². The van der Waals surface area contributed by atoms with E-state index in [2.05, 4.69) is 22.4 Å². The van der Waals surface area contributed by atoms with Gasteiger partial charge in [0, 0.05) is 23.7 Å². The lowest BCUT2D eigenvalue weighted by Crippen LogP contribution is -2.33. The zero-order valence-corrected chi connectivity index (χ0v) is 12.3. The van der Waals surface area contributed by atoms with E-state index < -0.39 is 6.10 Å². The molecule has 0 saturated heterocycles. The molecule has 0 aliphatic heterocycles. The Kier molecular flexibility index (Phi) is 5.67. The highest BCUT2D eigenvalue weighted by atomic mass is 32.1. The molecule has 0 aliphatic carbocycles. The van der Waals surface area contributed by atoms with Gasteiger partial charge in [0.25, 0.3) is 0 Å². The fraction of sp³-hybridized carbons (Fsp3) is 0.400. The molecule has 0 radical (unpaired) electrons. The smallest absolute Gasteiger partial charge is 0.121 e. The van der Waals surface area contributed by atoms with Gasteiger partial charge in [-0.3, -0.25) is 0 Å². The number of thiazole rings is 1. The third kappa shape index (κ3) is 4.38. The van der Waals surface area contributed by atoms with Crippen LogP contribution in [0.4, 0.5) is 0 Å². The number of aromatic nitrogens is 1. The second-order valence-corrected chi connectivity index (χ2v) is 5.94. The van der Waals surface area contributed by atoms with E-state index in [1.165, 1.54) is 16.9 Å². The summed E-state index contributed by atoms with van der Waals surface area (Å²) in [6, 6.07) is 10.1. The SMILES string of the molecule is C[C@@H](O)c1ncc(CN[C@@H](CO)Cc2ccccc2)s1. The maximum atomic E-state index is 9.44. The summed E-state index contributed by atoms with van der Waals surface area (Å²) in [4.78, 5) is 5.23. The van der Waals surface area contributed by atoms with Crippen molar-refractivity contribution in [2.75, 3.05) is 6.61 Å². The van der Waals surface area contributed by atoms with Gasteiger partial charge in [-0.1, -0.05) is 30.3 Å². The quantitative estimate of drug-likeness (QED) is 0.729. The molecule has 5 heteroatoms. The third-order valence-electron chi connectivity index (χ3n) is 3.04. The molecule has 1 aromatic carbocycles. The summed E-state index contributed by atoms with van der Waals surface area (Å²) in [5.74, 6) is 0. The number of benzene rings is 1. The minimum absolute atomic E-state index is 0.0227. The Morgan fingerprint density at radius 3 is 2.65 bits per heavy atom. The van der Waals surface area contributed by atoms with Gasteiger partial charge >= 0.3 is 0 Å². The van der Waals surface area contributed by atoms with Gasteiger partial charge in [0.2, 0.25) is 0 Å². The summed E-state index contributed by atoms with van der Waals surface area (Å²) in [7, 11) is 0. The lowest BCUT2D eigenvalue weighted by Gasteiger charge is -2.15. The number of nitrogens with zero attached hydrogens (tertiary/aromatic N) is 1. The van der Waals surface area contributed by atoms with Crippen LogP contribution in [0.5, 0.6) is 0 Å². The zero-order valence-electron chi connectivity index (χ0n) is 11.5. The molecule has 3 N–H and O–H groups in total. The van der Waals surface area contributed by atoms with Crippen LogP contribution in [0.25, 0.3) is 0 Å². The minimum atomic E-state index is -0.522. The molecule has 20 heavy (non-hydrogen) atoms. The molecule has 1 aromatic heterocycles. The highest BCUT2D eigenvalue weighted by molar-refractivity contribution is 7.11. The highest BCUT2D eigenvalue weighted by Crippen LogP contribution is 2.19. The molecule has 0 bridgehead atoms. The van der Waals surface area contributed by atoms with Crippen LogP contribution in [0.15, 0.2) is 36.5 Å². The van der Waals surface area contributed by atoms with Crippen LogP contribution in [0, 0.1) is 0 Å². The number of aliphatic hydroxyl groups excluding tert-OH is 2. The Balaban J connectivity index is 1.87. The van der Waals surface area contributed by atoms with Crippen molar-refractivity contribution in [3.63, 3.8) is 0 Å². The van der Waals surface area contributed by atoms with Gasteiger partial charge in [-0.25, -0.2) is 4.98 Å². The van der Waals surface area contributed by atoms with E-state index in [4.69, 9.17) is 0 Å². The lowest BCUT2D eigenvalue weighted by atomic mass is 10.1. The summed E-state index contributed by atoms with van der Waals surface area (Å²) in [6.45, 7) is 2.46. The maximum Gasteiger partial charge on any atom is 0.121 e. The predicted octanol–water partition coefficient (Wildman–Crippen LogP) is 1.89. The molecule has 1 heterocycles. The Bertz CT molecular complexity index is 514. The van der Waals surface area contributed by atoms with E-state index in [1.54, 1.807) is 13.1 Å². The summed E-state index contributed by atoms with van der Waals surface area (Å²) in [5, 5.41) is 22.9. The molecule has 0 unspecified atom stereocenters. The van der Waals surface area contributed by atoms with E-state index in [0.29, 0.717) is 6.54 Å². The van der Waals surface area contributed by atoms with Crippen molar-refractivity contribution < 1.29 is 10.2 Å². The maximum absolute atomic E-state index is 9.44. The summed E-state index contributed by atoms with van der Waals surface area (Å²) >= 11 is 1.49. The van der Waals surface area contributed by atoms with Gasteiger partial charge in [-0.05, 0) is 18.9 Å². The Hall–Kier alpha value is -1.27. The first-order valence-corrected chi connectivity index (χ1v) is 7.51. The average Bonchev–Trinajstić information content (AvgIpc) is 2.93. The normalized spacial score (nSPS) is 14.2. The summed E-state index contributed by atoms with van der Waals surface area (Å²) in [5.41, 5.74) is 1.20. The Morgan fingerprint density at radius 1 is 1.30 bits per heavy atom. The van der Waals surface area contributed by atoms with Gasteiger partial charge in [0.15, 0.2) is 0 Å². The molecule has 0 fully saturated rings. The average molecular weight is 292 g/mol. The first kappa shape index (κ1) is 15.1. The molecule has 2 rings (SSSR count). The van der Waals surface area contributed by atoms with Gasteiger partial charge < -0.3 is 15.5 Å². The first-order valence-electron chi connectivity index (χ1n) is 6.70. The molecule has 0 spiro atoms. The van der Waals surface area contributed by atoms with Gasteiger partial charge in [-0.2, -0.15) is 0 Å². The van der Waals surface area contributed by atoms with Crippen molar-refractivity contribution >= 4 is 11.3 Å². The number of rotatable bonds is 7. The largest absolute Gasteiger partial charge is 0.395 e. The van der Waals surface area contributed by atoms with E-state index in [0.717, 1.165) is 16.3 Å². The fourth-order valence-corrected chi connectivity index (χ4v) is 2.75. The monoisotopic (exact) mass is 292 g/mol. The molecule has 2 atom stereocenters. The van der Waals surface area contributed by atoms with Crippen LogP contribution < -0.4 is 5.32 Å². The van der Waals surface area contributed by atoms with Crippen LogP contribution in [-0.2, 0) is 13.0 Å². The summed E-state index contributed by atoms with van der Waals surface area (Å²) < 4.78 is 0. The van der Waals surface area contributed by atoms with Gasteiger partial charge in [0.05, 0.1) is 6.61 Å². The molecule has 108 valence electrons. The van der Waals surface area contributed by atoms with Crippen molar-refractivity contribution in [1.82, 2.24) is 10.3 Å². The molecule has 0 amide bonds. The number of nitrogens with one attached hydrogen (secondary N) is 1. The first-order chi connectivity index (χ1) is 9.69. The van der Waals surface area contributed by atoms with Crippen LogP contribution in [0.2, 0.25) is 0 Å². The second kappa shape index (κ2) is 7.50. The molecule has 2 aromatic rings. The predicted molar refractivity (Wildman–Crippen MR) is 80.6 cm³/mol. The van der Waals surface area contributed by atoms with Crippen molar-refractivity contribution in [2.45, 2.75) is 32.0 Å². The fourth-order valence-electron chi connectivity index (χ4n) is 1.94. The van der Waals surface area contributed by atoms with E-state index in [-0.39, 0.29) is 12.6 Å². The van der Waals surface area contributed by atoms with Crippen LogP contribution in [0.3, 0.4) is 0 Å². The molecular formula is C15H20N2O2S. The number of hydrogen-bond acceptors (Lipinski definition) is 5. The van der Waals surface area contributed by atoms with E-state index in [9.17, 15) is 10.2 Å². The van der Waals surface area contributed by atoms with Gasteiger partial charge in [-0.15, -0.1) is 11.3 Å². The van der Waals surface area contributed by atoms with E-state index >= 15 is 0 Å². The van der Waals surface area contributed by atoms with Crippen molar-refractivity contribution in [2.24, 2.45) is 0 Å². The van der Waals surface area contributed by atoms with Crippen molar-refractivity contribution in [1.29, 1.82) is 0 Å². The molecule has 4 nitrogen and oxygen atoms in total. The standard InChI is InChI=1S/C15H20N2O2S/c1-11(19)15-17-9-14(20-15)8-16-13(10-18)7-12-5-3-2-4-6-12/h2-6,9,11,13,16,18-19H,7-8,10H2,1H3/t11-,13-/m1/s1. The Labute approximate surface area is 123 Å². The second-order valence-electron chi connectivity index (χ2n) is 4.79. The van der Waals surface area contributed by atoms with Gasteiger partial charge in [0.1, 0.15) is 11.1 Å². The summed E-state index contributed by atoms with van der Waals surface area (Å²) in [6.07, 6.45) is 2.04. The topological polar surface area (TPSA) is 65.4 Å². The highest BCUT2D eigenvalue weighted by Gasteiger charge is 2.10.